The second-order valence-corrected chi connectivity index (χ2v) is 5.92. The monoisotopic (exact) mass is 325 g/mol. The molecule has 0 bridgehead atoms. The van der Waals surface area contributed by atoms with E-state index in [2.05, 4.69) is 95.0 Å². The molecule has 0 aliphatic rings. The summed E-state index contributed by atoms with van der Waals surface area (Å²) in [5.74, 6) is 0. The number of halogens is 1. The van der Waals surface area contributed by atoms with E-state index in [0.717, 1.165) is 4.47 Å². The fraction of sp³-hybridized carbons (Fsp3) is 0.111. The Morgan fingerprint density at radius 3 is 1.60 bits per heavy atom. The molecule has 0 atom stereocenters. The summed E-state index contributed by atoms with van der Waals surface area (Å²) < 4.78 is 3.38. The van der Waals surface area contributed by atoms with Crippen LogP contribution in [-0.2, 0) is 0 Å². The van der Waals surface area contributed by atoms with Gasteiger partial charge in [0.2, 0.25) is 0 Å². The zero-order valence-electron chi connectivity index (χ0n) is 11.6. The molecule has 0 aliphatic heterocycles. The van der Waals surface area contributed by atoms with E-state index in [4.69, 9.17) is 0 Å². The van der Waals surface area contributed by atoms with Crippen LogP contribution < -0.4 is 0 Å². The maximum Gasteiger partial charge on any atom is 0.0455 e. The highest BCUT2D eigenvalue weighted by atomic mass is 79.9. The van der Waals surface area contributed by atoms with Crippen LogP contribution in [0.25, 0.3) is 16.8 Å². The molecule has 1 heterocycles. The van der Waals surface area contributed by atoms with Crippen LogP contribution in [0.15, 0.2) is 65.1 Å². The number of aromatic nitrogens is 1. The quantitative estimate of drug-likeness (QED) is 0.584. The number of benzene rings is 2. The highest BCUT2D eigenvalue weighted by Gasteiger charge is 2.04. The molecule has 3 rings (SSSR count). The van der Waals surface area contributed by atoms with Crippen LogP contribution in [0, 0.1) is 13.8 Å². The van der Waals surface area contributed by atoms with Gasteiger partial charge in [-0.1, -0.05) is 40.2 Å². The van der Waals surface area contributed by atoms with Gasteiger partial charge in [0.05, 0.1) is 0 Å². The highest BCUT2D eigenvalue weighted by Crippen LogP contribution is 2.24. The molecule has 0 saturated heterocycles. The van der Waals surface area contributed by atoms with Crippen molar-refractivity contribution in [1.29, 1.82) is 0 Å². The van der Waals surface area contributed by atoms with Crippen molar-refractivity contribution in [2.75, 3.05) is 0 Å². The molecule has 20 heavy (non-hydrogen) atoms. The molecule has 0 radical (unpaired) electrons. The summed E-state index contributed by atoms with van der Waals surface area (Å²) >= 11 is 3.47. The van der Waals surface area contributed by atoms with E-state index in [1.165, 1.54) is 28.2 Å². The molecule has 1 nitrogen and oxygen atoms in total. The van der Waals surface area contributed by atoms with Gasteiger partial charge >= 0.3 is 0 Å². The summed E-state index contributed by atoms with van der Waals surface area (Å²) in [4.78, 5) is 0. The van der Waals surface area contributed by atoms with Crippen molar-refractivity contribution in [2.24, 2.45) is 0 Å². The largest absolute Gasteiger partial charge is 0.319 e. The Hall–Kier alpha value is -1.80. The predicted octanol–water partition coefficient (Wildman–Crippen LogP) is 5.52. The first kappa shape index (κ1) is 13.2. The molecule has 0 N–H and O–H groups in total. The lowest BCUT2D eigenvalue weighted by atomic mass is 10.1. The van der Waals surface area contributed by atoms with E-state index >= 15 is 0 Å². The molecular formula is C18H16BrN. The van der Waals surface area contributed by atoms with Crippen molar-refractivity contribution in [2.45, 2.75) is 13.8 Å². The average molecular weight is 326 g/mol. The summed E-state index contributed by atoms with van der Waals surface area (Å²) in [6, 6.07) is 21.4. The number of hydrogen-bond donors (Lipinski definition) is 0. The first-order valence-electron chi connectivity index (χ1n) is 6.66. The van der Waals surface area contributed by atoms with Crippen molar-refractivity contribution in [1.82, 2.24) is 4.57 Å². The number of rotatable bonds is 2. The van der Waals surface area contributed by atoms with E-state index in [1.807, 2.05) is 0 Å². The lowest BCUT2D eigenvalue weighted by Crippen LogP contribution is -1.98. The summed E-state index contributed by atoms with van der Waals surface area (Å²) in [7, 11) is 0. The van der Waals surface area contributed by atoms with Crippen molar-refractivity contribution >= 4 is 15.9 Å². The molecule has 1 aromatic heterocycles. The zero-order valence-corrected chi connectivity index (χ0v) is 13.2. The second kappa shape index (κ2) is 5.29. The number of nitrogens with zero attached hydrogens (tertiary/aromatic N) is 1. The van der Waals surface area contributed by atoms with Crippen LogP contribution in [-0.4, -0.2) is 4.57 Å². The van der Waals surface area contributed by atoms with E-state index in [1.54, 1.807) is 0 Å². The van der Waals surface area contributed by atoms with Gasteiger partial charge in [-0.25, -0.2) is 0 Å². The first-order valence-corrected chi connectivity index (χ1v) is 7.46. The fourth-order valence-electron chi connectivity index (χ4n) is 2.52. The Balaban J connectivity index is 1.98. The van der Waals surface area contributed by atoms with Gasteiger partial charge < -0.3 is 4.57 Å². The molecule has 3 aromatic rings. The Bertz CT molecular complexity index is 702. The van der Waals surface area contributed by atoms with E-state index < -0.39 is 0 Å². The van der Waals surface area contributed by atoms with Crippen LogP contribution in [0.4, 0.5) is 0 Å². The lowest BCUT2D eigenvalue weighted by Gasteiger charge is -2.10. The second-order valence-electron chi connectivity index (χ2n) is 5.01. The van der Waals surface area contributed by atoms with Gasteiger partial charge in [-0.15, -0.1) is 0 Å². The van der Waals surface area contributed by atoms with Gasteiger partial charge in [0, 0.05) is 21.5 Å². The smallest absolute Gasteiger partial charge is 0.0455 e. The van der Waals surface area contributed by atoms with Gasteiger partial charge in [0.1, 0.15) is 0 Å². The molecule has 0 saturated carbocycles. The van der Waals surface area contributed by atoms with Crippen molar-refractivity contribution in [3.63, 3.8) is 0 Å². The van der Waals surface area contributed by atoms with Gasteiger partial charge in [-0.2, -0.15) is 0 Å². The Morgan fingerprint density at radius 1 is 0.650 bits per heavy atom. The summed E-state index contributed by atoms with van der Waals surface area (Å²) in [5, 5.41) is 0. The topological polar surface area (TPSA) is 4.93 Å². The van der Waals surface area contributed by atoms with E-state index in [-0.39, 0.29) is 0 Å². The molecular weight excluding hydrogens is 310 g/mol. The molecule has 2 aromatic carbocycles. The van der Waals surface area contributed by atoms with Gasteiger partial charge in [-0.05, 0) is 61.4 Å². The normalized spacial score (nSPS) is 10.8. The van der Waals surface area contributed by atoms with Gasteiger partial charge in [0.25, 0.3) is 0 Å². The van der Waals surface area contributed by atoms with Crippen LogP contribution >= 0.6 is 15.9 Å². The third kappa shape index (κ3) is 2.44. The van der Waals surface area contributed by atoms with Crippen LogP contribution in [0.2, 0.25) is 0 Å². The molecule has 0 fully saturated rings. The van der Waals surface area contributed by atoms with Crippen LogP contribution in [0.1, 0.15) is 11.4 Å². The summed E-state index contributed by atoms with van der Waals surface area (Å²) in [5.41, 5.74) is 6.22. The predicted molar refractivity (Wildman–Crippen MR) is 88.4 cm³/mol. The van der Waals surface area contributed by atoms with E-state index in [9.17, 15) is 0 Å². The molecule has 0 spiro atoms. The minimum absolute atomic E-state index is 1.11. The lowest BCUT2D eigenvalue weighted by molar-refractivity contribution is 0.966. The van der Waals surface area contributed by atoms with Gasteiger partial charge in [-0.3, -0.25) is 0 Å². The highest BCUT2D eigenvalue weighted by molar-refractivity contribution is 9.10. The Kier molecular flexibility index (Phi) is 3.49. The SMILES string of the molecule is Cc1ccc(C)n1-c1ccc(-c2ccc(Br)cc2)cc1. The van der Waals surface area contributed by atoms with E-state index in [0.29, 0.717) is 0 Å². The number of hydrogen-bond acceptors (Lipinski definition) is 0. The van der Waals surface area contributed by atoms with Crippen molar-refractivity contribution in [3.05, 3.63) is 76.5 Å². The fourth-order valence-corrected chi connectivity index (χ4v) is 2.79. The molecule has 0 unspecified atom stereocenters. The third-order valence-corrected chi connectivity index (χ3v) is 4.10. The Morgan fingerprint density at radius 2 is 1.10 bits per heavy atom. The number of aryl methyl sites for hydroxylation is 2. The summed E-state index contributed by atoms with van der Waals surface area (Å²) in [6.07, 6.45) is 0. The first-order chi connectivity index (χ1) is 9.65. The molecule has 100 valence electrons. The Labute approximate surface area is 128 Å². The summed E-state index contributed by atoms with van der Waals surface area (Å²) in [6.45, 7) is 4.27. The molecule has 2 heteroatoms. The maximum absolute atomic E-state index is 3.47. The molecule has 0 amide bonds. The average Bonchev–Trinajstić information content (AvgIpc) is 2.79. The van der Waals surface area contributed by atoms with Crippen LogP contribution in [0.5, 0.6) is 0 Å². The molecule has 0 aliphatic carbocycles. The standard InChI is InChI=1S/C18H16BrN/c1-13-3-4-14(2)20(13)18-11-7-16(8-12-18)15-5-9-17(19)10-6-15/h3-12H,1-2H3. The maximum atomic E-state index is 3.47. The van der Waals surface area contributed by atoms with Crippen molar-refractivity contribution < 1.29 is 0 Å². The zero-order chi connectivity index (χ0) is 14.1. The van der Waals surface area contributed by atoms with Crippen LogP contribution in [0.3, 0.4) is 0 Å². The van der Waals surface area contributed by atoms with Gasteiger partial charge in [0.15, 0.2) is 0 Å². The third-order valence-electron chi connectivity index (χ3n) is 3.57. The minimum atomic E-state index is 1.11. The van der Waals surface area contributed by atoms with Crippen molar-refractivity contribution in [3.8, 4) is 16.8 Å². The minimum Gasteiger partial charge on any atom is -0.319 e.